The van der Waals surface area contributed by atoms with Crippen molar-refractivity contribution in [2.75, 3.05) is 11.1 Å². The molecule has 0 heterocycles. The third-order valence-electron chi connectivity index (χ3n) is 3.64. The Balaban J connectivity index is 1.94. The predicted octanol–water partition coefficient (Wildman–Crippen LogP) is 5.13. The van der Waals surface area contributed by atoms with Crippen LogP contribution in [0.15, 0.2) is 42.5 Å². The van der Waals surface area contributed by atoms with Gasteiger partial charge < -0.3 is 5.32 Å². The first kappa shape index (κ1) is 17.5. The van der Waals surface area contributed by atoms with Gasteiger partial charge in [-0.2, -0.15) is 0 Å². The average Bonchev–Trinajstić information content (AvgIpc) is 2.51. The molecule has 122 valence electrons. The van der Waals surface area contributed by atoms with Crippen LogP contribution in [-0.2, 0) is 10.5 Å². The third kappa shape index (κ3) is 4.83. The van der Waals surface area contributed by atoms with Gasteiger partial charge in [-0.15, -0.1) is 11.8 Å². The number of carbonyl (C=O) groups excluding carboxylic acids is 1. The lowest BCUT2D eigenvalue weighted by Gasteiger charge is -2.16. The van der Waals surface area contributed by atoms with Crippen LogP contribution in [0.5, 0.6) is 0 Å². The fraction of sp³-hybridized carbons (Fsp3) is 0.316. The van der Waals surface area contributed by atoms with E-state index in [1.165, 1.54) is 17.8 Å². The third-order valence-corrected chi connectivity index (χ3v) is 4.62. The first-order valence-corrected chi connectivity index (χ1v) is 8.85. The summed E-state index contributed by atoms with van der Waals surface area (Å²) >= 11 is 1.42. The van der Waals surface area contributed by atoms with Crippen LogP contribution in [-0.4, -0.2) is 11.7 Å². The topological polar surface area (TPSA) is 29.1 Å². The molecular formula is C19H22FNOS. The number of anilines is 1. The number of carbonyl (C=O) groups is 1. The van der Waals surface area contributed by atoms with Gasteiger partial charge in [-0.1, -0.05) is 50.2 Å². The van der Waals surface area contributed by atoms with Gasteiger partial charge in [0.1, 0.15) is 5.82 Å². The van der Waals surface area contributed by atoms with E-state index in [1.807, 2.05) is 25.1 Å². The van der Waals surface area contributed by atoms with E-state index in [9.17, 15) is 9.18 Å². The summed E-state index contributed by atoms with van der Waals surface area (Å²) in [6.45, 7) is 6.21. The van der Waals surface area contributed by atoms with E-state index >= 15 is 0 Å². The fourth-order valence-electron chi connectivity index (χ4n) is 2.39. The van der Waals surface area contributed by atoms with E-state index in [2.05, 4.69) is 19.2 Å². The number of benzene rings is 2. The molecule has 1 amide bonds. The molecule has 0 saturated carbocycles. The molecule has 0 unspecified atom stereocenters. The maximum atomic E-state index is 13.5. The quantitative estimate of drug-likeness (QED) is 0.795. The number of halogens is 1. The zero-order valence-electron chi connectivity index (χ0n) is 13.7. The molecule has 0 aliphatic rings. The molecule has 23 heavy (non-hydrogen) atoms. The number of thioether (sulfide) groups is 1. The number of hydrogen-bond donors (Lipinski definition) is 1. The monoisotopic (exact) mass is 331 g/mol. The Morgan fingerprint density at radius 3 is 2.61 bits per heavy atom. The summed E-state index contributed by atoms with van der Waals surface area (Å²) in [6, 6.07) is 12.7. The maximum absolute atomic E-state index is 13.5. The van der Waals surface area contributed by atoms with Crippen molar-refractivity contribution >= 4 is 23.4 Å². The fourth-order valence-corrected chi connectivity index (χ4v) is 3.20. The molecule has 0 atom stereocenters. The normalized spacial score (nSPS) is 10.8. The largest absolute Gasteiger partial charge is 0.325 e. The van der Waals surface area contributed by atoms with Crippen molar-refractivity contribution < 1.29 is 9.18 Å². The number of aryl methyl sites for hydroxylation is 1. The lowest BCUT2D eigenvalue weighted by Crippen LogP contribution is -2.16. The Bertz CT molecular complexity index is 685. The Kier molecular flexibility index (Phi) is 6.22. The lowest BCUT2D eigenvalue weighted by molar-refractivity contribution is -0.113. The second-order valence-electron chi connectivity index (χ2n) is 5.83. The average molecular weight is 331 g/mol. The van der Waals surface area contributed by atoms with Gasteiger partial charge in [0.05, 0.1) is 5.75 Å². The van der Waals surface area contributed by atoms with Gasteiger partial charge in [0.15, 0.2) is 0 Å². The van der Waals surface area contributed by atoms with Gasteiger partial charge in [0, 0.05) is 11.4 Å². The van der Waals surface area contributed by atoms with Crippen molar-refractivity contribution in [3.8, 4) is 0 Å². The highest BCUT2D eigenvalue weighted by molar-refractivity contribution is 7.99. The highest BCUT2D eigenvalue weighted by Crippen LogP contribution is 2.27. The zero-order chi connectivity index (χ0) is 16.8. The molecular weight excluding hydrogens is 309 g/mol. The molecule has 2 rings (SSSR count). The molecule has 0 fully saturated rings. The highest BCUT2D eigenvalue weighted by atomic mass is 32.2. The highest BCUT2D eigenvalue weighted by Gasteiger charge is 2.12. The second kappa shape index (κ2) is 8.16. The van der Waals surface area contributed by atoms with Crippen LogP contribution in [0.1, 0.15) is 36.5 Å². The van der Waals surface area contributed by atoms with Crippen LogP contribution in [0.3, 0.4) is 0 Å². The zero-order valence-corrected chi connectivity index (χ0v) is 14.5. The first-order valence-electron chi connectivity index (χ1n) is 7.69. The lowest BCUT2D eigenvalue weighted by atomic mass is 9.98. The first-order chi connectivity index (χ1) is 11.0. The molecule has 0 bridgehead atoms. The molecule has 1 N–H and O–H groups in total. The van der Waals surface area contributed by atoms with E-state index in [0.29, 0.717) is 23.0 Å². The van der Waals surface area contributed by atoms with Crippen LogP contribution in [0, 0.1) is 12.7 Å². The van der Waals surface area contributed by atoms with Crippen LogP contribution < -0.4 is 5.32 Å². The van der Waals surface area contributed by atoms with Gasteiger partial charge in [-0.25, -0.2) is 4.39 Å². The van der Waals surface area contributed by atoms with E-state index in [0.717, 1.165) is 16.8 Å². The number of amides is 1. The van der Waals surface area contributed by atoms with Crippen molar-refractivity contribution in [2.45, 2.75) is 32.4 Å². The summed E-state index contributed by atoms with van der Waals surface area (Å²) in [7, 11) is 0. The Morgan fingerprint density at radius 2 is 1.91 bits per heavy atom. The Labute approximate surface area is 141 Å². The molecule has 0 radical (unpaired) electrons. The standard InChI is InChI=1S/C19H22FNOS/c1-13(2)16-9-6-7-14(3)19(16)21-18(22)12-23-11-15-8-4-5-10-17(15)20/h4-10,13H,11-12H2,1-3H3,(H,21,22). The van der Waals surface area contributed by atoms with Gasteiger partial charge in [-0.3, -0.25) is 4.79 Å². The van der Waals surface area contributed by atoms with Crippen molar-refractivity contribution in [3.63, 3.8) is 0 Å². The van der Waals surface area contributed by atoms with Crippen molar-refractivity contribution in [2.24, 2.45) is 0 Å². The van der Waals surface area contributed by atoms with Crippen LogP contribution >= 0.6 is 11.8 Å². The molecule has 0 saturated heterocycles. The van der Waals surface area contributed by atoms with Crippen molar-refractivity contribution in [3.05, 3.63) is 65.0 Å². The molecule has 2 aromatic carbocycles. The van der Waals surface area contributed by atoms with Crippen LogP contribution in [0.25, 0.3) is 0 Å². The molecule has 2 nitrogen and oxygen atoms in total. The van der Waals surface area contributed by atoms with E-state index < -0.39 is 0 Å². The summed E-state index contributed by atoms with van der Waals surface area (Å²) in [5.74, 6) is 0.866. The summed E-state index contributed by atoms with van der Waals surface area (Å²) in [6.07, 6.45) is 0. The van der Waals surface area contributed by atoms with Crippen LogP contribution in [0.2, 0.25) is 0 Å². The van der Waals surface area contributed by atoms with Gasteiger partial charge in [0.25, 0.3) is 0 Å². The molecule has 0 spiro atoms. The number of hydrogen-bond acceptors (Lipinski definition) is 2. The second-order valence-corrected chi connectivity index (χ2v) is 6.81. The van der Waals surface area contributed by atoms with Crippen molar-refractivity contribution in [1.29, 1.82) is 0 Å². The summed E-state index contributed by atoms with van der Waals surface area (Å²) < 4.78 is 13.5. The molecule has 0 aromatic heterocycles. The van der Waals surface area contributed by atoms with E-state index in [4.69, 9.17) is 0 Å². The number of nitrogens with one attached hydrogen (secondary N) is 1. The maximum Gasteiger partial charge on any atom is 0.234 e. The smallest absolute Gasteiger partial charge is 0.234 e. The SMILES string of the molecule is Cc1cccc(C(C)C)c1NC(=O)CSCc1ccccc1F. The Hall–Kier alpha value is -1.81. The number of rotatable bonds is 6. The van der Waals surface area contributed by atoms with Crippen LogP contribution in [0.4, 0.5) is 10.1 Å². The minimum atomic E-state index is -0.221. The van der Waals surface area contributed by atoms with Crippen molar-refractivity contribution in [1.82, 2.24) is 0 Å². The van der Waals surface area contributed by atoms with Gasteiger partial charge >= 0.3 is 0 Å². The minimum Gasteiger partial charge on any atom is -0.325 e. The summed E-state index contributed by atoms with van der Waals surface area (Å²) in [5, 5.41) is 3.01. The molecule has 4 heteroatoms. The number of para-hydroxylation sites is 1. The molecule has 0 aliphatic heterocycles. The predicted molar refractivity (Wildman–Crippen MR) is 96.5 cm³/mol. The minimum absolute atomic E-state index is 0.0532. The summed E-state index contributed by atoms with van der Waals surface area (Å²) in [4.78, 5) is 12.2. The molecule has 2 aromatic rings. The van der Waals surface area contributed by atoms with Gasteiger partial charge in [-0.05, 0) is 35.6 Å². The molecule has 0 aliphatic carbocycles. The van der Waals surface area contributed by atoms with Gasteiger partial charge in [0.2, 0.25) is 5.91 Å². The van der Waals surface area contributed by atoms with E-state index in [-0.39, 0.29) is 11.7 Å². The van der Waals surface area contributed by atoms with E-state index in [1.54, 1.807) is 18.2 Å². The summed E-state index contributed by atoms with van der Waals surface area (Å²) in [5.41, 5.74) is 3.73. The Morgan fingerprint density at radius 1 is 1.17 bits per heavy atom.